The zero-order valence-corrected chi connectivity index (χ0v) is 34.7. The molecule has 0 saturated heterocycles. The molecule has 4 nitrogen and oxygen atoms in total. The fraction of sp³-hybridized carbons (Fsp3) is 0. The van der Waals surface area contributed by atoms with Crippen LogP contribution in [0.5, 0.6) is 0 Å². The average molecular weight is 815 g/mol. The predicted molar refractivity (Wildman–Crippen MR) is 265 cm³/mol. The molecule has 0 amide bonds. The third kappa shape index (κ3) is 6.18. The Balaban J connectivity index is 1.08. The predicted octanol–water partition coefficient (Wildman–Crippen LogP) is 15.5. The SMILES string of the molecule is N#Cc1ccc(-n2c3ccc(-c4ccccc4)cc3c3cc(-c4ccccc4)ccc32)cc1-c1cnccc1-n1c2ccc(-c3ccccc3)cc2c2cc(-c3ccccc3)ccc21. The summed E-state index contributed by atoms with van der Waals surface area (Å²) in [7, 11) is 0. The van der Waals surface area contributed by atoms with Crippen molar-refractivity contribution in [2.24, 2.45) is 0 Å². The van der Waals surface area contributed by atoms with E-state index < -0.39 is 0 Å². The molecule has 0 atom stereocenters. The number of benzene rings is 9. The van der Waals surface area contributed by atoms with Crippen LogP contribution in [0.2, 0.25) is 0 Å². The number of nitrogens with zero attached hydrogens (tertiary/aromatic N) is 4. The molecule has 3 heterocycles. The van der Waals surface area contributed by atoms with Gasteiger partial charge in [-0.25, -0.2) is 0 Å². The van der Waals surface area contributed by atoms with Crippen molar-refractivity contribution in [1.29, 1.82) is 5.26 Å². The van der Waals surface area contributed by atoms with Gasteiger partial charge in [0, 0.05) is 50.8 Å². The molecule has 64 heavy (non-hydrogen) atoms. The second-order valence-electron chi connectivity index (χ2n) is 16.3. The van der Waals surface area contributed by atoms with Crippen molar-refractivity contribution in [2.75, 3.05) is 0 Å². The summed E-state index contributed by atoms with van der Waals surface area (Å²) in [4.78, 5) is 4.71. The van der Waals surface area contributed by atoms with E-state index in [1.165, 1.54) is 22.3 Å². The Morgan fingerprint density at radius 1 is 0.344 bits per heavy atom. The van der Waals surface area contributed by atoms with Crippen LogP contribution in [0.4, 0.5) is 0 Å². The van der Waals surface area contributed by atoms with Crippen LogP contribution >= 0.6 is 0 Å². The Hall–Kier alpha value is -8.78. The minimum Gasteiger partial charge on any atom is -0.309 e. The van der Waals surface area contributed by atoms with Crippen LogP contribution in [0, 0.1) is 11.3 Å². The van der Waals surface area contributed by atoms with Crippen LogP contribution in [0.25, 0.3) is 111 Å². The fourth-order valence-electron chi connectivity index (χ4n) is 9.61. The minimum absolute atomic E-state index is 0.579. The molecular weight excluding hydrogens is 777 g/mol. The smallest absolute Gasteiger partial charge is 0.0998 e. The quantitative estimate of drug-likeness (QED) is 0.161. The van der Waals surface area contributed by atoms with Crippen molar-refractivity contribution in [1.82, 2.24) is 14.1 Å². The monoisotopic (exact) mass is 814 g/mol. The minimum atomic E-state index is 0.579. The molecule has 4 heteroatoms. The van der Waals surface area contributed by atoms with Gasteiger partial charge in [0.1, 0.15) is 0 Å². The summed E-state index contributed by atoms with van der Waals surface area (Å²) in [6.07, 6.45) is 3.76. The lowest BCUT2D eigenvalue weighted by Crippen LogP contribution is -2.01. The van der Waals surface area contributed by atoms with Crippen LogP contribution in [0.3, 0.4) is 0 Å². The van der Waals surface area contributed by atoms with Crippen LogP contribution in [0.1, 0.15) is 5.56 Å². The molecule has 0 bridgehead atoms. The summed E-state index contributed by atoms with van der Waals surface area (Å²) in [6.45, 7) is 0. The van der Waals surface area contributed by atoms with Crippen molar-refractivity contribution >= 4 is 43.6 Å². The van der Waals surface area contributed by atoms with Gasteiger partial charge in [-0.2, -0.15) is 5.26 Å². The Kier molecular flexibility index (Phi) is 8.84. The molecule has 0 saturated carbocycles. The molecule has 9 aromatic carbocycles. The first-order valence-electron chi connectivity index (χ1n) is 21.6. The molecule has 12 aromatic rings. The molecular formula is C60H38N4. The van der Waals surface area contributed by atoms with E-state index in [1.54, 1.807) is 0 Å². The van der Waals surface area contributed by atoms with Gasteiger partial charge in [0.15, 0.2) is 0 Å². The van der Waals surface area contributed by atoms with E-state index in [-0.39, 0.29) is 0 Å². The van der Waals surface area contributed by atoms with E-state index >= 15 is 0 Å². The van der Waals surface area contributed by atoms with Gasteiger partial charge >= 0.3 is 0 Å². The van der Waals surface area contributed by atoms with Gasteiger partial charge in [0.25, 0.3) is 0 Å². The number of pyridine rings is 1. The van der Waals surface area contributed by atoms with Crippen molar-refractivity contribution in [3.63, 3.8) is 0 Å². The van der Waals surface area contributed by atoms with Crippen molar-refractivity contribution in [3.05, 3.63) is 236 Å². The second kappa shape index (κ2) is 15.3. The van der Waals surface area contributed by atoms with E-state index in [0.29, 0.717) is 5.56 Å². The van der Waals surface area contributed by atoms with Gasteiger partial charge in [-0.05, 0) is 117 Å². The number of fused-ring (bicyclic) bond motifs is 6. The second-order valence-corrected chi connectivity index (χ2v) is 16.3. The standard InChI is InChI=1S/C60H38N4/c61-38-48-21-26-49(63-56-27-22-44(40-13-5-1-6-14-40)33-51(56)52-34-45(23-28-57(52)63)41-15-7-2-8-16-41)37-50(48)55-39-62-32-31-60(55)64-58-29-24-46(42-17-9-3-10-18-42)35-53(58)54-36-47(25-30-59(54)64)43-19-11-4-12-20-43/h1-37,39H. The van der Waals surface area contributed by atoms with E-state index in [4.69, 9.17) is 4.98 Å². The molecule has 0 aliphatic rings. The van der Waals surface area contributed by atoms with E-state index in [1.807, 2.05) is 18.5 Å². The lowest BCUT2D eigenvalue weighted by molar-refractivity contribution is 1.15. The topological polar surface area (TPSA) is 46.5 Å². The first-order chi connectivity index (χ1) is 31.7. The van der Waals surface area contributed by atoms with Gasteiger partial charge in [0.2, 0.25) is 0 Å². The van der Waals surface area contributed by atoms with Crippen molar-refractivity contribution < 1.29 is 0 Å². The van der Waals surface area contributed by atoms with E-state index in [2.05, 4.69) is 228 Å². The van der Waals surface area contributed by atoms with Crippen LogP contribution < -0.4 is 0 Å². The van der Waals surface area contributed by atoms with E-state index in [0.717, 1.165) is 88.4 Å². The number of hydrogen-bond donors (Lipinski definition) is 0. The summed E-state index contributed by atoms with van der Waals surface area (Å²) in [5.41, 5.74) is 17.8. The molecule has 0 fully saturated rings. The molecule has 12 rings (SSSR count). The van der Waals surface area contributed by atoms with Gasteiger partial charge in [-0.15, -0.1) is 0 Å². The maximum atomic E-state index is 10.8. The molecule has 0 N–H and O–H groups in total. The zero-order chi connectivity index (χ0) is 42.6. The first kappa shape index (κ1) is 37.0. The molecule has 3 aromatic heterocycles. The number of rotatable bonds is 7. The Morgan fingerprint density at radius 2 is 0.734 bits per heavy atom. The molecule has 0 spiro atoms. The molecule has 298 valence electrons. The zero-order valence-electron chi connectivity index (χ0n) is 34.7. The lowest BCUT2D eigenvalue weighted by atomic mass is 9.99. The highest BCUT2D eigenvalue weighted by Crippen LogP contribution is 2.42. The molecule has 0 aliphatic heterocycles. The Morgan fingerprint density at radius 3 is 1.12 bits per heavy atom. The lowest BCUT2D eigenvalue weighted by Gasteiger charge is -2.16. The summed E-state index contributed by atoms with van der Waals surface area (Å²) in [5, 5.41) is 15.4. The van der Waals surface area contributed by atoms with E-state index in [9.17, 15) is 5.26 Å². The largest absolute Gasteiger partial charge is 0.309 e. The molecule has 0 radical (unpaired) electrons. The number of aromatic nitrogens is 3. The third-order valence-electron chi connectivity index (χ3n) is 12.7. The molecule has 0 aliphatic carbocycles. The highest BCUT2D eigenvalue weighted by Gasteiger charge is 2.21. The number of nitriles is 1. The van der Waals surface area contributed by atoms with Gasteiger partial charge in [-0.1, -0.05) is 146 Å². The van der Waals surface area contributed by atoms with Crippen LogP contribution in [-0.2, 0) is 0 Å². The van der Waals surface area contributed by atoms with Crippen LogP contribution in [-0.4, -0.2) is 14.1 Å². The maximum Gasteiger partial charge on any atom is 0.0998 e. The van der Waals surface area contributed by atoms with Crippen molar-refractivity contribution in [3.8, 4) is 73.1 Å². The Labute approximate surface area is 370 Å². The van der Waals surface area contributed by atoms with Crippen LogP contribution in [0.15, 0.2) is 231 Å². The summed E-state index contributed by atoms with van der Waals surface area (Å²) >= 11 is 0. The highest BCUT2D eigenvalue weighted by molar-refractivity contribution is 6.13. The average Bonchev–Trinajstić information content (AvgIpc) is 3.88. The Bertz CT molecular complexity index is 3570. The summed E-state index contributed by atoms with van der Waals surface area (Å²) < 4.78 is 4.68. The van der Waals surface area contributed by atoms with Gasteiger partial charge < -0.3 is 9.13 Å². The summed E-state index contributed by atoms with van der Waals surface area (Å²) in [6, 6.07) is 80.1. The first-order valence-corrected chi connectivity index (χ1v) is 21.6. The highest BCUT2D eigenvalue weighted by atomic mass is 15.0. The third-order valence-corrected chi connectivity index (χ3v) is 12.7. The number of hydrogen-bond acceptors (Lipinski definition) is 2. The fourth-order valence-corrected chi connectivity index (χ4v) is 9.61. The normalized spacial score (nSPS) is 11.4. The van der Waals surface area contributed by atoms with Crippen molar-refractivity contribution in [2.45, 2.75) is 0 Å². The van der Waals surface area contributed by atoms with Gasteiger partial charge in [-0.3, -0.25) is 4.98 Å². The maximum absolute atomic E-state index is 10.8. The molecule has 0 unspecified atom stereocenters. The van der Waals surface area contributed by atoms with Gasteiger partial charge in [0.05, 0.1) is 39.4 Å². The summed E-state index contributed by atoms with van der Waals surface area (Å²) in [5.74, 6) is 0.